The molecule has 3 heteroatoms. The topological polar surface area (TPSA) is 23.1 Å². The number of benzene rings is 1. The van der Waals surface area contributed by atoms with Crippen molar-refractivity contribution in [3.63, 3.8) is 0 Å². The maximum atomic E-state index is 12.2. The van der Waals surface area contributed by atoms with Gasteiger partial charge < -0.3 is 5.11 Å². The van der Waals surface area contributed by atoms with Crippen molar-refractivity contribution in [1.82, 2.24) is 0 Å². The fourth-order valence-corrected chi connectivity index (χ4v) is 0.634. The van der Waals surface area contributed by atoms with Crippen LogP contribution in [0.1, 0.15) is 0 Å². The molecule has 0 heterocycles. The minimum absolute atomic E-state index is 0.243. The van der Waals surface area contributed by atoms with Crippen molar-refractivity contribution in [2.75, 3.05) is 0 Å². The number of halogens is 2. The number of rotatable bonds is 0. The van der Waals surface area contributed by atoms with Gasteiger partial charge in [0.15, 0.2) is 0 Å². The minimum atomic E-state index is -0.803. The van der Waals surface area contributed by atoms with Gasteiger partial charge in [0.25, 0.3) is 0 Å². The predicted octanol–water partition coefficient (Wildman–Crippen LogP) is 1.55. The van der Waals surface area contributed by atoms with E-state index in [4.69, 9.17) is 11.6 Å². The van der Waals surface area contributed by atoms with Gasteiger partial charge in [-0.25, -0.2) is 4.39 Å². The average Bonchev–Trinajstić information content (AvgIpc) is 1.80. The molecule has 0 radical (unpaired) electrons. The van der Waals surface area contributed by atoms with Crippen LogP contribution in [0.4, 0.5) is 4.39 Å². The van der Waals surface area contributed by atoms with Gasteiger partial charge >= 0.3 is 0 Å². The molecule has 1 aromatic rings. The molecule has 0 unspecified atom stereocenters. The van der Waals surface area contributed by atoms with Gasteiger partial charge in [-0.1, -0.05) is 23.4 Å². The number of hydrogen-bond donors (Lipinski definition) is 0. The van der Waals surface area contributed by atoms with E-state index in [1.54, 1.807) is 0 Å². The molecule has 1 rings (SSSR count). The Balaban J connectivity index is 3.17. The molecule has 0 bridgehead atoms. The Hall–Kier alpha value is -0.760. The van der Waals surface area contributed by atoms with Crippen molar-refractivity contribution >= 4 is 11.6 Å². The van der Waals surface area contributed by atoms with E-state index in [1.165, 1.54) is 6.07 Å². The summed E-state index contributed by atoms with van der Waals surface area (Å²) in [7, 11) is 0. The molecule has 0 N–H and O–H groups in total. The first-order chi connectivity index (χ1) is 4.20. The summed E-state index contributed by atoms with van der Waals surface area (Å²) in [5.74, 6) is -1.43. The second-order valence-electron chi connectivity index (χ2n) is 1.57. The van der Waals surface area contributed by atoms with Crippen molar-refractivity contribution in [2.24, 2.45) is 0 Å². The van der Waals surface area contributed by atoms with Crippen LogP contribution in [0.5, 0.6) is 5.75 Å². The maximum absolute atomic E-state index is 12.2. The van der Waals surface area contributed by atoms with Crippen molar-refractivity contribution < 1.29 is 9.50 Å². The van der Waals surface area contributed by atoms with Crippen molar-refractivity contribution in [3.8, 4) is 5.75 Å². The van der Waals surface area contributed by atoms with Gasteiger partial charge in [-0.2, -0.15) is 0 Å². The summed E-state index contributed by atoms with van der Waals surface area (Å²) in [5, 5.41) is 10.6. The molecule has 0 amide bonds. The molecule has 0 spiro atoms. The highest BCUT2D eigenvalue weighted by molar-refractivity contribution is 6.30. The summed E-state index contributed by atoms with van der Waals surface area (Å²) in [6.07, 6.45) is 0. The highest BCUT2D eigenvalue weighted by Gasteiger charge is 1.90. The fourth-order valence-electron chi connectivity index (χ4n) is 0.475. The Morgan fingerprint density at radius 3 is 2.56 bits per heavy atom. The molecule has 0 aliphatic carbocycles. The standard InChI is InChI=1S/C6H4ClFO/c7-4-1-2-6(9)5(8)3-4/h1-3,9H/p-1. The van der Waals surface area contributed by atoms with E-state index in [0.717, 1.165) is 12.1 Å². The summed E-state index contributed by atoms with van der Waals surface area (Å²) in [5.41, 5.74) is 0. The van der Waals surface area contributed by atoms with E-state index in [-0.39, 0.29) is 5.02 Å². The highest BCUT2D eigenvalue weighted by atomic mass is 35.5. The van der Waals surface area contributed by atoms with E-state index in [1.807, 2.05) is 0 Å². The van der Waals surface area contributed by atoms with Gasteiger partial charge in [0.05, 0.1) is 0 Å². The van der Waals surface area contributed by atoms with Gasteiger partial charge in [-0.15, -0.1) is 0 Å². The molecule has 1 aromatic carbocycles. The summed E-state index contributed by atoms with van der Waals surface area (Å²) in [6.45, 7) is 0. The lowest BCUT2D eigenvalue weighted by molar-refractivity contribution is -0.272. The van der Waals surface area contributed by atoms with E-state index >= 15 is 0 Å². The first kappa shape index (κ1) is 6.36. The molecule has 0 aromatic heterocycles. The summed E-state index contributed by atoms with van der Waals surface area (Å²) in [6, 6.07) is 3.44. The van der Waals surface area contributed by atoms with Gasteiger partial charge in [0.2, 0.25) is 0 Å². The van der Waals surface area contributed by atoms with Gasteiger partial charge in [0, 0.05) is 5.02 Å². The number of hydrogen-bond acceptors (Lipinski definition) is 1. The van der Waals surface area contributed by atoms with Crippen LogP contribution in [0, 0.1) is 5.82 Å². The Morgan fingerprint density at radius 1 is 1.44 bits per heavy atom. The molecule has 0 fully saturated rings. The van der Waals surface area contributed by atoms with Gasteiger partial charge in [-0.05, 0) is 12.1 Å². The van der Waals surface area contributed by atoms with Crippen molar-refractivity contribution in [1.29, 1.82) is 0 Å². The average molecular weight is 146 g/mol. The lowest BCUT2D eigenvalue weighted by Crippen LogP contribution is -1.92. The van der Waals surface area contributed by atoms with Crippen LogP contribution in [0.25, 0.3) is 0 Å². The van der Waals surface area contributed by atoms with Crippen LogP contribution in [0.2, 0.25) is 5.02 Å². The molecule has 9 heavy (non-hydrogen) atoms. The largest absolute Gasteiger partial charge is 0.870 e. The van der Waals surface area contributed by atoms with Crippen LogP contribution >= 0.6 is 11.6 Å². The van der Waals surface area contributed by atoms with Gasteiger partial charge in [-0.3, -0.25) is 0 Å². The molecular weight excluding hydrogens is 143 g/mol. The molecule has 48 valence electrons. The molecular formula is C6H3ClFO-. The molecule has 0 aliphatic rings. The van der Waals surface area contributed by atoms with Crippen molar-refractivity contribution in [2.45, 2.75) is 0 Å². The molecule has 0 aliphatic heterocycles. The lowest BCUT2D eigenvalue weighted by atomic mass is 10.3. The summed E-state index contributed by atoms with van der Waals surface area (Å²) >= 11 is 5.34. The van der Waals surface area contributed by atoms with Crippen molar-refractivity contribution in [3.05, 3.63) is 29.0 Å². The van der Waals surface area contributed by atoms with Crippen LogP contribution in [0.3, 0.4) is 0 Å². The fraction of sp³-hybridized carbons (Fsp3) is 0. The van der Waals surface area contributed by atoms with Crippen LogP contribution in [0.15, 0.2) is 18.2 Å². The normalized spacial score (nSPS) is 9.56. The van der Waals surface area contributed by atoms with E-state index < -0.39 is 11.6 Å². The van der Waals surface area contributed by atoms with E-state index in [9.17, 15) is 9.50 Å². The molecule has 0 saturated heterocycles. The molecule has 1 nitrogen and oxygen atoms in total. The van der Waals surface area contributed by atoms with E-state index in [2.05, 4.69) is 0 Å². The SMILES string of the molecule is [O-]c1ccc(Cl)cc1F. The Bertz CT molecular complexity index is 224. The quantitative estimate of drug-likeness (QED) is 0.543. The second-order valence-corrected chi connectivity index (χ2v) is 2.01. The molecule has 0 atom stereocenters. The first-order valence-corrected chi connectivity index (χ1v) is 2.70. The monoisotopic (exact) mass is 145 g/mol. The smallest absolute Gasteiger partial charge is 0.116 e. The highest BCUT2D eigenvalue weighted by Crippen LogP contribution is 2.16. The zero-order valence-electron chi connectivity index (χ0n) is 4.40. The third kappa shape index (κ3) is 1.33. The molecule has 0 saturated carbocycles. The van der Waals surface area contributed by atoms with Crippen LogP contribution < -0.4 is 5.11 Å². The lowest BCUT2D eigenvalue weighted by Gasteiger charge is -2.04. The first-order valence-electron chi connectivity index (χ1n) is 2.32. The van der Waals surface area contributed by atoms with Crippen LogP contribution in [-0.2, 0) is 0 Å². The minimum Gasteiger partial charge on any atom is -0.870 e. The van der Waals surface area contributed by atoms with Gasteiger partial charge in [0.1, 0.15) is 5.82 Å². The zero-order valence-corrected chi connectivity index (χ0v) is 5.15. The Kier molecular flexibility index (Phi) is 1.58. The zero-order chi connectivity index (χ0) is 6.85. The summed E-state index contributed by atoms with van der Waals surface area (Å²) < 4.78 is 12.2. The third-order valence-electron chi connectivity index (χ3n) is 0.894. The van der Waals surface area contributed by atoms with E-state index in [0.29, 0.717) is 0 Å². The maximum Gasteiger partial charge on any atom is 0.116 e. The second kappa shape index (κ2) is 2.23. The Morgan fingerprint density at radius 2 is 2.11 bits per heavy atom. The third-order valence-corrected chi connectivity index (χ3v) is 1.13. The Labute approximate surface area is 56.7 Å². The van der Waals surface area contributed by atoms with Crippen LogP contribution in [-0.4, -0.2) is 0 Å². The predicted molar refractivity (Wildman–Crippen MR) is 30.9 cm³/mol. The summed E-state index contributed by atoms with van der Waals surface area (Å²) in [4.78, 5) is 0.